The highest BCUT2D eigenvalue weighted by molar-refractivity contribution is 6.42. The molecule has 0 radical (unpaired) electrons. The smallest absolute Gasteiger partial charge is 0.0918 e. The zero-order valence-corrected chi connectivity index (χ0v) is 11.6. The average molecular weight is 286 g/mol. The zero-order chi connectivity index (χ0) is 13.1. The first-order valence-corrected chi connectivity index (χ1v) is 6.82. The van der Waals surface area contributed by atoms with Gasteiger partial charge in [-0.25, -0.2) is 0 Å². The Labute approximate surface area is 117 Å². The number of halogens is 2. The molecule has 0 aliphatic heterocycles. The maximum Gasteiger partial charge on any atom is 0.0918 e. The van der Waals surface area contributed by atoms with Gasteiger partial charge in [0.15, 0.2) is 0 Å². The fourth-order valence-corrected chi connectivity index (χ4v) is 2.29. The quantitative estimate of drug-likeness (QED) is 0.623. The number of nitrogens with two attached hydrogens (primary N) is 1. The molecule has 0 heterocycles. The van der Waals surface area contributed by atoms with E-state index < -0.39 is 0 Å². The first-order valence-electron chi connectivity index (χ1n) is 6.07. The molecule has 3 N–H and O–H groups in total. The molecule has 1 aromatic carbocycles. The van der Waals surface area contributed by atoms with Crippen LogP contribution in [0.2, 0.25) is 10.0 Å². The second-order valence-electron chi connectivity index (χ2n) is 4.73. The van der Waals surface area contributed by atoms with Crippen molar-refractivity contribution in [1.29, 1.82) is 5.41 Å². The van der Waals surface area contributed by atoms with Crippen molar-refractivity contribution in [3.63, 3.8) is 0 Å². The van der Waals surface area contributed by atoms with Crippen LogP contribution in [0.3, 0.4) is 0 Å². The van der Waals surface area contributed by atoms with Crippen molar-refractivity contribution in [1.82, 2.24) is 4.90 Å². The molecule has 1 saturated carbocycles. The SMILES string of the molecule is N=C(N)CCN(Cc1ccc(Cl)c(Cl)c1)C1CC1. The number of nitrogens with zero attached hydrogens (tertiary/aromatic N) is 1. The standard InChI is InChI=1S/C13H17Cl2N3/c14-11-4-1-9(7-12(11)15)8-18(10-2-3-10)6-5-13(16)17/h1,4,7,10H,2-3,5-6,8H2,(H3,16,17). The Bertz CT molecular complexity index is 444. The number of rotatable bonds is 6. The van der Waals surface area contributed by atoms with E-state index in [1.807, 2.05) is 18.2 Å². The van der Waals surface area contributed by atoms with Crippen molar-refractivity contribution in [2.75, 3.05) is 6.54 Å². The van der Waals surface area contributed by atoms with Gasteiger partial charge in [0.2, 0.25) is 0 Å². The second-order valence-corrected chi connectivity index (χ2v) is 5.54. The van der Waals surface area contributed by atoms with Gasteiger partial charge in [-0.1, -0.05) is 29.3 Å². The molecule has 3 nitrogen and oxygen atoms in total. The van der Waals surface area contributed by atoms with E-state index in [1.165, 1.54) is 12.8 Å². The lowest BCUT2D eigenvalue weighted by atomic mass is 10.2. The van der Waals surface area contributed by atoms with Crippen molar-refractivity contribution in [3.05, 3.63) is 33.8 Å². The van der Waals surface area contributed by atoms with Crippen molar-refractivity contribution in [3.8, 4) is 0 Å². The monoisotopic (exact) mass is 285 g/mol. The first-order chi connectivity index (χ1) is 8.56. The van der Waals surface area contributed by atoms with Crippen LogP contribution in [0.4, 0.5) is 0 Å². The Balaban J connectivity index is 1.99. The summed E-state index contributed by atoms with van der Waals surface area (Å²) in [6.45, 7) is 1.68. The summed E-state index contributed by atoms with van der Waals surface area (Å²) in [5, 5.41) is 8.48. The van der Waals surface area contributed by atoms with Crippen LogP contribution in [0.15, 0.2) is 18.2 Å². The van der Waals surface area contributed by atoms with Crippen LogP contribution in [0.25, 0.3) is 0 Å². The zero-order valence-electron chi connectivity index (χ0n) is 10.1. The van der Waals surface area contributed by atoms with Gasteiger partial charge in [-0.2, -0.15) is 0 Å². The molecule has 98 valence electrons. The molecule has 5 heteroatoms. The van der Waals surface area contributed by atoms with Crippen LogP contribution in [0, 0.1) is 5.41 Å². The summed E-state index contributed by atoms with van der Waals surface area (Å²) in [6.07, 6.45) is 3.09. The van der Waals surface area contributed by atoms with Crippen LogP contribution in [0.5, 0.6) is 0 Å². The molecule has 1 aromatic rings. The van der Waals surface area contributed by atoms with Gasteiger partial charge in [0.1, 0.15) is 0 Å². The molecule has 0 atom stereocenters. The Kier molecular flexibility index (Phi) is 4.49. The van der Waals surface area contributed by atoms with E-state index in [1.54, 1.807) is 0 Å². The highest BCUT2D eigenvalue weighted by atomic mass is 35.5. The van der Waals surface area contributed by atoms with E-state index in [0.29, 0.717) is 22.5 Å². The fraction of sp³-hybridized carbons (Fsp3) is 0.462. The maximum absolute atomic E-state index is 7.30. The number of benzene rings is 1. The second kappa shape index (κ2) is 5.91. The van der Waals surface area contributed by atoms with E-state index in [-0.39, 0.29) is 5.84 Å². The summed E-state index contributed by atoms with van der Waals surface area (Å²) in [4.78, 5) is 2.36. The highest BCUT2D eigenvalue weighted by Gasteiger charge is 2.28. The van der Waals surface area contributed by atoms with Gasteiger partial charge in [-0.15, -0.1) is 0 Å². The van der Waals surface area contributed by atoms with Gasteiger partial charge in [0.05, 0.1) is 15.9 Å². The molecule has 1 aliphatic carbocycles. The average Bonchev–Trinajstić information content (AvgIpc) is 3.13. The Morgan fingerprint density at radius 1 is 1.33 bits per heavy atom. The Hall–Kier alpha value is -0.770. The lowest BCUT2D eigenvalue weighted by molar-refractivity contribution is 0.262. The largest absolute Gasteiger partial charge is 0.388 e. The predicted molar refractivity (Wildman–Crippen MR) is 76.4 cm³/mol. The molecular formula is C13H17Cl2N3. The number of nitrogens with one attached hydrogen (secondary N) is 1. The van der Waals surface area contributed by atoms with E-state index in [2.05, 4.69) is 4.90 Å². The minimum atomic E-state index is 0.245. The van der Waals surface area contributed by atoms with Gasteiger partial charge in [-0.3, -0.25) is 10.3 Å². The van der Waals surface area contributed by atoms with Gasteiger partial charge in [-0.05, 0) is 30.5 Å². The summed E-state index contributed by atoms with van der Waals surface area (Å²) in [5.74, 6) is 0.245. The number of hydrogen-bond donors (Lipinski definition) is 2. The van der Waals surface area contributed by atoms with Crippen LogP contribution in [-0.4, -0.2) is 23.3 Å². The van der Waals surface area contributed by atoms with Crippen molar-refractivity contribution < 1.29 is 0 Å². The molecule has 1 fully saturated rings. The van der Waals surface area contributed by atoms with Gasteiger partial charge >= 0.3 is 0 Å². The third-order valence-electron chi connectivity index (χ3n) is 3.10. The van der Waals surface area contributed by atoms with Gasteiger partial charge in [0, 0.05) is 25.6 Å². The molecule has 0 amide bonds. The Morgan fingerprint density at radius 3 is 2.61 bits per heavy atom. The molecule has 0 bridgehead atoms. The lowest BCUT2D eigenvalue weighted by Crippen LogP contribution is -2.29. The predicted octanol–water partition coefficient (Wildman–Crippen LogP) is 3.28. The maximum atomic E-state index is 7.30. The van der Waals surface area contributed by atoms with Gasteiger partial charge < -0.3 is 5.73 Å². The first kappa shape index (κ1) is 13.7. The summed E-state index contributed by atoms with van der Waals surface area (Å²) >= 11 is 11.9. The molecule has 0 spiro atoms. The highest BCUT2D eigenvalue weighted by Crippen LogP contribution is 2.29. The Morgan fingerprint density at radius 2 is 2.06 bits per heavy atom. The molecule has 0 saturated heterocycles. The van der Waals surface area contributed by atoms with E-state index in [4.69, 9.17) is 34.3 Å². The summed E-state index contributed by atoms with van der Waals surface area (Å²) in [7, 11) is 0. The lowest BCUT2D eigenvalue weighted by Gasteiger charge is -2.22. The molecular weight excluding hydrogens is 269 g/mol. The number of hydrogen-bond acceptors (Lipinski definition) is 2. The fourth-order valence-electron chi connectivity index (χ4n) is 1.97. The molecule has 1 aliphatic rings. The van der Waals surface area contributed by atoms with Crippen molar-refractivity contribution in [2.45, 2.75) is 31.8 Å². The van der Waals surface area contributed by atoms with E-state index in [9.17, 15) is 0 Å². The minimum absolute atomic E-state index is 0.245. The molecule has 2 rings (SSSR count). The van der Waals surface area contributed by atoms with Crippen LogP contribution >= 0.6 is 23.2 Å². The molecule has 0 aromatic heterocycles. The normalized spacial score (nSPS) is 15.1. The summed E-state index contributed by atoms with van der Waals surface area (Å²) in [6, 6.07) is 6.37. The van der Waals surface area contributed by atoms with Crippen LogP contribution in [-0.2, 0) is 6.54 Å². The third kappa shape index (κ3) is 3.87. The summed E-state index contributed by atoms with van der Waals surface area (Å²) < 4.78 is 0. The number of amidine groups is 1. The van der Waals surface area contributed by atoms with Crippen LogP contribution in [0.1, 0.15) is 24.8 Å². The minimum Gasteiger partial charge on any atom is -0.388 e. The van der Waals surface area contributed by atoms with E-state index >= 15 is 0 Å². The molecule has 0 unspecified atom stereocenters. The van der Waals surface area contributed by atoms with Crippen molar-refractivity contribution in [2.24, 2.45) is 5.73 Å². The third-order valence-corrected chi connectivity index (χ3v) is 3.84. The van der Waals surface area contributed by atoms with E-state index in [0.717, 1.165) is 18.7 Å². The van der Waals surface area contributed by atoms with Crippen LogP contribution < -0.4 is 5.73 Å². The van der Waals surface area contributed by atoms with Crippen molar-refractivity contribution >= 4 is 29.0 Å². The van der Waals surface area contributed by atoms with Gasteiger partial charge in [0.25, 0.3) is 0 Å². The summed E-state index contributed by atoms with van der Waals surface area (Å²) in [5.41, 5.74) is 6.57. The molecule has 18 heavy (non-hydrogen) atoms. The topological polar surface area (TPSA) is 53.1 Å².